The van der Waals surface area contributed by atoms with E-state index in [0.29, 0.717) is 12.3 Å². The number of hydrogen-bond acceptors (Lipinski definition) is 2. The second-order valence-electron chi connectivity index (χ2n) is 5.74. The molecular formula is C13H26F3NO. The minimum atomic E-state index is -4.22. The number of nitrogens with one attached hydrogen (secondary N) is 1. The van der Waals surface area contributed by atoms with Gasteiger partial charge in [0.25, 0.3) is 0 Å². The van der Waals surface area contributed by atoms with Gasteiger partial charge in [-0.15, -0.1) is 0 Å². The molecule has 2 nitrogen and oxygen atoms in total. The van der Waals surface area contributed by atoms with E-state index in [9.17, 15) is 13.2 Å². The van der Waals surface area contributed by atoms with Crippen LogP contribution in [0.25, 0.3) is 0 Å². The highest BCUT2D eigenvalue weighted by Gasteiger charge is 2.27. The van der Waals surface area contributed by atoms with Crippen molar-refractivity contribution < 1.29 is 17.9 Å². The van der Waals surface area contributed by atoms with Crippen molar-refractivity contribution in [2.75, 3.05) is 19.8 Å². The minimum Gasteiger partial charge on any atom is -0.372 e. The van der Waals surface area contributed by atoms with E-state index in [-0.39, 0.29) is 12.1 Å². The lowest BCUT2D eigenvalue weighted by Crippen LogP contribution is -2.39. The lowest BCUT2D eigenvalue weighted by Gasteiger charge is -2.25. The van der Waals surface area contributed by atoms with E-state index in [0.717, 1.165) is 19.4 Å². The summed E-state index contributed by atoms with van der Waals surface area (Å²) in [5, 5.41) is 3.39. The Labute approximate surface area is 108 Å². The molecule has 0 aromatic heterocycles. The maximum absolute atomic E-state index is 11.9. The second-order valence-corrected chi connectivity index (χ2v) is 5.74. The summed E-state index contributed by atoms with van der Waals surface area (Å²) in [7, 11) is 0. The first-order valence-electron chi connectivity index (χ1n) is 6.53. The molecular weight excluding hydrogens is 243 g/mol. The third kappa shape index (κ3) is 12.2. The molecule has 1 atom stereocenters. The van der Waals surface area contributed by atoms with Crippen molar-refractivity contribution in [1.82, 2.24) is 5.32 Å². The van der Waals surface area contributed by atoms with Gasteiger partial charge < -0.3 is 10.1 Å². The van der Waals surface area contributed by atoms with Gasteiger partial charge in [0.05, 0.1) is 0 Å². The normalized spacial score (nSPS) is 14.8. The van der Waals surface area contributed by atoms with E-state index >= 15 is 0 Å². The van der Waals surface area contributed by atoms with Gasteiger partial charge in [-0.25, -0.2) is 0 Å². The summed E-state index contributed by atoms with van der Waals surface area (Å²) >= 11 is 0. The largest absolute Gasteiger partial charge is 0.411 e. The predicted molar refractivity (Wildman–Crippen MR) is 67.6 cm³/mol. The molecule has 0 fully saturated rings. The van der Waals surface area contributed by atoms with Gasteiger partial charge in [0.1, 0.15) is 6.61 Å². The van der Waals surface area contributed by atoms with E-state index < -0.39 is 12.8 Å². The number of hydrogen-bond donors (Lipinski definition) is 1. The fourth-order valence-corrected chi connectivity index (χ4v) is 1.65. The zero-order chi connectivity index (χ0) is 14.2. The molecule has 0 radical (unpaired) electrons. The molecule has 5 heteroatoms. The fraction of sp³-hybridized carbons (Fsp3) is 1.00. The molecule has 0 saturated carbocycles. The molecule has 0 aliphatic carbocycles. The molecule has 1 unspecified atom stereocenters. The van der Waals surface area contributed by atoms with Crippen molar-refractivity contribution in [3.8, 4) is 0 Å². The lowest BCUT2D eigenvalue weighted by molar-refractivity contribution is -0.174. The zero-order valence-corrected chi connectivity index (χ0v) is 11.9. The Balaban J connectivity index is 3.83. The van der Waals surface area contributed by atoms with Crippen LogP contribution < -0.4 is 5.32 Å². The monoisotopic (exact) mass is 269 g/mol. The first-order valence-corrected chi connectivity index (χ1v) is 6.53. The quantitative estimate of drug-likeness (QED) is 0.677. The molecule has 1 N–H and O–H groups in total. The van der Waals surface area contributed by atoms with Crippen LogP contribution in [0, 0.1) is 5.92 Å². The summed E-state index contributed by atoms with van der Waals surface area (Å²) in [6.07, 6.45) is -1.49. The summed E-state index contributed by atoms with van der Waals surface area (Å²) < 4.78 is 40.3. The van der Waals surface area contributed by atoms with Crippen molar-refractivity contribution >= 4 is 0 Å². The summed E-state index contributed by atoms with van der Waals surface area (Å²) in [6, 6.07) is 0. The molecule has 110 valence electrons. The Morgan fingerprint density at radius 3 is 2.17 bits per heavy atom. The van der Waals surface area contributed by atoms with Crippen molar-refractivity contribution in [2.24, 2.45) is 5.92 Å². The van der Waals surface area contributed by atoms with Gasteiger partial charge >= 0.3 is 6.18 Å². The number of ether oxygens (including phenoxy) is 1. The topological polar surface area (TPSA) is 21.3 Å². The summed E-state index contributed by atoms with van der Waals surface area (Å²) in [6.45, 7) is 8.18. The van der Waals surface area contributed by atoms with Crippen molar-refractivity contribution in [3.05, 3.63) is 0 Å². The maximum Gasteiger partial charge on any atom is 0.411 e. The molecule has 0 aromatic carbocycles. The molecule has 18 heavy (non-hydrogen) atoms. The molecule has 0 heterocycles. The zero-order valence-electron chi connectivity index (χ0n) is 11.9. The Bertz CT molecular complexity index is 211. The molecule has 0 saturated heterocycles. The highest BCUT2D eigenvalue weighted by Crippen LogP contribution is 2.16. The van der Waals surface area contributed by atoms with Crippen LogP contribution in [0.5, 0.6) is 0 Å². The number of alkyl halides is 3. The third-order valence-corrected chi connectivity index (χ3v) is 2.55. The Kier molecular flexibility index (Phi) is 7.87. The van der Waals surface area contributed by atoms with Crippen molar-refractivity contribution in [1.29, 1.82) is 0 Å². The highest BCUT2D eigenvalue weighted by atomic mass is 19.4. The molecule has 0 spiro atoms. The van der Waals surface area contributed by atoms with Gasteiger partial charge in [0.15, 0.2) is 0 Å². The highest BCUT2D eigenvalue weighted by molar-refractivity contribution is 4.73. The molecule has 0 aliphatic rings. The molecule has 0 bridgehead atoms. The van der Waals surface area contributed by atoms with E-state index in [4.69, 9.17) is 0 Å². The van der Waals surface area contributed by atoms with Crippen LogP contribution >= 0.6 is 0 Å². The van der Waals surface area contributed by atoms with Crippen molar-refractivity contribution in [3.63, 3.8) is 0 Å². The average molecular weight is 269 g/mol. The van der Waals surface area contributed by atoms with Gasteiger partial charge in [-0.05, 0) is 46.1 Å². The fourth-order valence-electron chi connectivity index (χ4n) is 1.65. The summed E-state index contributed by atoms with van der Waals surface area (Å²) in [5.74, 6) is 0.377. The molecule has 0 aromatic rings. The van der Waals surface area contributed by atoms with Crippen molar-refractivity contribution in [2.45, 2.75) is 58.7 Å². The van der Waals surface area contributed by atoms with Gasteiger partial charge in [-0.1, -0.05) is 13.3 Å². The number of halogens is 3. The van der Waals surface area contributed by atoms with Crippen LogP contribution in [-0.4, -0.2) is 31.5 Å². The Morgan fingerprint density at radius 2 is 1.72 bits per heavy atom. The number of rotatable bonds is 8. The first kappa shape index (κ1) is 17.7. The van der Waals surface area contributed by atoms with E-state index in [1.807, 2.05) is 0 Å². The van der Waals surface area contributed by atoms with Gasteiger partial charge in [-0.3, -0.25) is 0 Å². The van der Waals surface area contributed by atoms with Crippen LogP contribution in [0.3, 0.4) is 0 Å². The van der Waals surface area contributed by atoms with Crippen LogP contribution in [0.4, 0.5) is 13.2 Å². The molecule has 0 amide bonds. The average Bonchev–Trinajstić information content (AvgIpc) is 2.18. The SMILES string of the molecule is CCCC(CCOCC(F)(F)F)CNC(C)(C)C. The van der Waals surface area contributed by atoms with Gasteiger partial charge in [0.2, 0.25) is 0 Å². The first-order chi connectivity index (χ1) is 8.14. The predicted octanol–water partition coefficient (Wildman–Crippen LogP) is 3.76. The minimum absolute atomic E-state index is 0.0405. The van der Waals surface area contributed by atoms with E-state index in [2.05, 4.69) is 37.7 Å². The molecule has 0 aliphatic heterocycles. The van der Waals surface area contributed by atoms with E-state index in [1.54, 1.807) is 0 Å². The van der Waals surface area contributed by atoms with E-state index in [1.165, 1.54) is 0 Å². The smallest absolute Gasteiger partial charge is 0.372 e. The van der Waals surface area contributed by atoms with Crippen LogP contribution in [0.15, 0.2) is 0 Å². The lowest BCUT2D eigenvalue weighted by atomic mass is 9.98. The molecule has 0 rings (SSSR count). The Hall–Kier alpha value is -0.290. The van der Waals surface area contributed by atoms with Crippen LogP contribution in [-0.2, 0) is 4.74 Å². The van der Waals surface area contributed by atoms with Crippen LogP contribution in [0.1, 0.15) is 47.0 Å². The Morgan fingerprint density at radius 1 is 1.11 bits per heavy atom. The van der Waals surface area contributed by atoms with Gasteiger partial charge in [0, 0.05) is 12.1 Å². The van der Waals surface area contributed by atoms with Gasteiger partial charge in [-0.2, -0.15) is 13.2 Å². The third-order valence-electron chi connectivity index (χ3n) is 2.55. The second kappa shape index (κ2) is 8.00. The summed E-state index contributed by atoms with van der Waals surface area (Å²) in [4.78, 5) is 0. The standard InChI is InChI=1S/C13H26F3NO/c1-5-6-11(9-17-12(2,3)4)7-8-18-10-13(14,15)16/h11,17H,5-10H2,1-4H3. The summed E-state index contributed by atoms with van der Waals surface area (Å²) in [5.41, 5.74) is 0.0405. The van der Waals surface area contributed by atoms with Crippen LogP contribution in [0.2, 0.25) is 0 Å². The maximum atomic E-state index is 11.9.